The summed E-state index contributed by atoms with van der Waals surface area (Å²) in [4.78, 5) is 28.5. The van der Waals surface area contributed by atoms with Gasteiger partial charge in [0.2, 0.25) is 5.91 Å². The number of nitrogens with zero attached hydrogens (tertiary/aromatic N) is 3. The van der Waals surface area contributed by atoms with E-state index in [-0.39, 0.29) is 5.91 Å². The summed E-state index contributed by atoms with van der Waals surface area (Å²) < 4.78 is 0. The number of thiazole rings is 1. The van der Waals surface area contributed by atoms with Crippen molar-refractivity contribution in [3.8, 4) is 0 Å². The van der Waals surface area contributed by atoms with Crippen molar-refractivity contribution in [2.75, 3.05) is 4.90 Å². The van der Waals surface area contributed by atoms with Gasteiger partial charge in [0, 0.05) is 12.3 Å². The molecule has 3 amide bonds. The number of hydrogen-bond donors (Lipinski definition) is 2. The summed E-state index contributed by atoms with van der Waals surface area (Å²) in [5.41, 5.74) is 10.5. The number of aromatic nitrogens is 1. The fraction of sp³-hybridized carbons (Fsp3) is 0.200. The molecule has 2 aromatic rings. The lowest BCUT2D eigenvalue weighted by Crippen LogP contribution is -2.24. The number of rotatable bonds is 4. The van der Waals surface area contributed by atoms with Gasteiger partial charge in [0.1, 0.15) is 0 Å². The number of carbonyl (C=O) groups is 2. The summed E-state index contributed by atoms with van der Waals surface area (Å²) in [6.45, 7) is 5.49. The van der Waals surface area contributed by atoms with Gasteiger partial charge in [-0.1, -0.05) is 6.07 Å². The highest BCUT2D eigenvalue weighted by molar-refractivity contribution is 7.14. The molecule has 23 heavy (non-hydrogen) atoms. The minimum atomic E-state index is -0.753. The summed E-state index contributed by atoms with van der Waals surface area (Å²) in [6.07, 6.45) is 1.36. The van der Waals surface area contributed by atoms with Crippen molar-refractivity contribution in [3.63, 3.8) is 0 Å². The molecule has 0 radical (unpaired) electrons. The quantitative estimate of drug-likeness (QED) is 0.664. The lowest BCUT2D eigenvalue weighted by Gasteiger charge is -2.19. The minimum absolute atomic E-state index is 0.138. The lowest BCUT2D eigenvalue weighted by molar-refractivity contribution is -0.115. The molecule has 1 aromatic heterocycles. The van der Waals surface area contributed by atoms with Gasteiger partial charge in [0.15, 0.2) is 5.13 Å². The van der Waals surface area contributed by atoms with E-state index in [2.05, 4.69) is 15.5 Å². The first kappa shape index (κ1) is 16.6. The number of nitrogens with two attached hydrogens (primary N) is 1. The molecule has 0 aliphatic rings. The molecule has 8 heteroatoms. The molecular weight excluding hydrogens is 314 g/mol. The molecule has 0 aliphatic carbocycles. The maximum absolute atomic E-state index is 12.0. The van der Waals surface area contributed by atoms with E-state index in [1.54, 1.807) is 5.38 Å². The highest BCUT2D eigenvalue weighted by Gasteiger charge is 2.18. The van der Waals surface area contributed by atoms with Crippen molar-refractivity contribution in [3.05, 3.63) is 40.4 Å². The predicted octanol–water partition coefficient (Wildman–Crippen LogP) is 2.45. The Labute approximate surface area is 137 Å². The normalized spacial score (nSPS) is 10.7. The molecule has 0 atom stereocenters. The summed E-state index contributed by atoms with van der Waals surface area (Å²) in [7, 11) is 0. The van der Waals surface area contributed by atoms with E-state index in [1.807, 2.05) is 32.0 Å². The molecule has 2 rings (SSSR count). The van der Waals surface area contributed by atoms with Crippen LogP contribution < -0.4 is 16.1 Å². The van der Waals surface area contributed by atoms with E-state index in [9.17, 15) is 9.59 Å². The number of amides is 3. The minimum Gasteiger partial charge on any atom is -0.350 e. The highest BCUT2D eigenvalue weighted by atomic mass is 32.1. The van der Waals surface area contributed by atoms with Crippen molar-refractivity contribution in [1.82, 2.24) is 10.4 Å². The number of anilines is 2. The molecule has 0 bridgehead atoms. The van der Waals surface area contributed by atoms with Gasteiger partial charge in [0.05, 0.1) is 17.6 Å². The molecule has 0 unspecified atom stereocenters. The third-order valence-corrected chi connectivity index (χ3v) is 3.98. The van der Waals surface area contributed by atoms with E-state index in [0.29, 0.717) is 10.8 Å². The van der Waals surface area contributed by atoms with Crippen LogP contribution in [0.5, 0.6) is 0 Å². The SMILES string of the molecule is CC(=O)N(c1ccc(C)c(C)c1)c1nc(/C=N\NC(N)=O)cs1. The van der Waals surface area contributed by atoms with E-state index in [0.717, 1.165) is 16.8 Å². The third kappa shape index (κ3) is 4.13. The molecule has 0 saturated carbocycles. The van der Waals surface area contributed by atoms with E-state index in [1.165, 1.54) is 29.4 Å². The third-order valence-electron chi connectivity index (χ3n) is 3.14. The number of carbonyl (C=O) groups excluding carboxylic acids is 2. The fourth-order valence-corrected chi connectivity index (χ4v) is 2.73. The van der Waals surface area contributed by atoms with Crippen LogP contribution in [-0.4, -0.2) is 23.1 Å². The summed E-state index contributed by atoms with van der Waals surface area (Å²) in [6, 6.07) is 5.04. The second kappa shape index (κ2) is 7.01. The average Bonchev–Trinajstić information content (AvgIpc) is 2.90. The molecule has 7 nitrogen and oxygen atoms in total. The van der Waals surface area contributed by atoms with Crippen molar-refractivity contribution in [2.24, 2.45) is 10.8 Å². The number of aryl methyl sites for hydroxylation is 2. The summed E-state index contributed by atoms with van der Waals surface area (Å²) in [5, 5.41) is 5.91. The molecule has 1 heterocycles. The van der Waals surface area contributed by atoms with Gasteiger partial charge in [-0.3, -0.25) is 9.69 Å². The van der Waals surface area contributed by atoms with Crippen molar-refractivity contribution in [1.29, 1.82) is 0 Å². The van der Waals surface area contributed by atoms with Gasteiger partial charge in [0.25, 0.3) is 0 Å². The van der Waals surface area contributed by atoms with Gasteiger partial charge in [-0.15, -0.1) is 11.3 Å². The smallest absolute Gasteiger partial charge is 0.332 e. The Bertz CT molecular complexity index is 769. The molecule has 120 valence electrons. The summed E-state index contributed by atoms with van der Waals surface area (Å²) in [5.74, 6) is -0.138. The van der Waals surface area contributed by atoms with Crippen LogP contribution in [0.1, 0.15) is 23.7 Å². The first-order valence-corrected chi connectivity index (χ1v) is 7.68. The van der Waals surface area contributed by atoms with Crippen LogP contribution in [0.3, 0.4) is 0 Å². The van der Waals surface area contributed by atoms with Crippen LogP contribution in [0.4, 0.5) is 15.6 Å². The number of hydrazone groups is 1. The Hall–Kier alpha value is -2.74. The van der Waals surface area contributed by atoms with Crippen molar-refractivity contribution >= 4 is 40.3 Å². The monoisotopic (exact) mass is 331 g/mol. The maximum atomic E-state index is 12.0. The number of hydrogen-bond acceptors (Lipinski definition) is 5. The molecule has 0 saturated heterocycles. The van der Waals surface area contributed by atoms with E-state index >= 15 is 0 Å². The van der Waals surface area contributed by atoms with Crippen LogP contribution in [0.15, 0.2) is 28.7 Å². The van der Waals surface area contributed by atoms with Crippen LogP contribution in [0, 0.1) is 13.8 Å². The van der Waals surface area contributed by atoms with Crippen LogP contribution in [-0.2, 0) is 4.79 Å². The van der Waals surface area contributed by atoms with Gasteiger partial charge < -0.3 is 5.73 Å². The van der Waals surface area contributed by atoms with Gasteiger partial charge in [-0.25, -0.2) is 15.2 Å². The van der Waals surface area contributed by atoms with Gasteiger partial charge in [-0.2, -0.15) is 5.10 Å². The first-order chi connectivity index (χ1) is 10.9. The average molecular weight is 331 g/mol. The Morgan fingerprint density at radius 3 is 2.70 bits per heavy atom. The molecule has 3 N–H and O–H groups in total. The zero-order valence-electron chi connectivity index (χ0n) is 13.0. The largest absolute Gasteiger partial charge is 0.350 e. The molecule has 0 fully saturated rings. The first-order valence-electron chi connectivity index (χ1n) is 6.80. The lowest BCUT2D eigenvalue weighted by atomic mass is 10.1. The van der Waals surface area contributed by atoms with E-state index in [4.69, 9.17) is 5.73 Å². The second-order valence-corrected chi connectivity index (χ2v) is 5.75. The topological polar surface area (TPSA) is 101 Å². The number of urea groups is 1. The Morgan fingerprint density at radius 2 is 2.09 bits per heavy atom. The van der Waals surface area contributed by atoms with E-state index < -0.39 is 6.03 Å². The van der Waals surface area contributed by atoms with Gasteiger partial charge in [-0.05, 0) is 37.1 Å². The fourth-order valence-electron chi connectivity index (χ4n) is 1.89. The maximum Gasteiger partial charge on any atom is 0.332 e. The number of primary amides is 1. The summed E-state index contributed by atoms with van der Waals surface area (Å²) >= 11 is 1.31. The zero-order chi connectivity index (χ0) is 17.0. The molecule has 0 spiro atoms. The Balaban J connectivity index is 2.30. The Kier molecular flexibility index (Phi) is 5.07. The van der Waals surface area contributed by atoms with Crippen molar-refractivity contribution < 1.29 is 9.59 Å². The van der Waals surface area contributed by atoms with Crippen LogP contribution >= 0.6 is 11.3 Å². The second-order valence-electron chi connectivity index (χ2n) is 4.91. The van der Waals surface area contributed by atoms with Crippen LogP contribution in [0.2, 0.25) is 0 Å². The molecular formula is C15H17N5O2S. The zero-order valence-corrected chi connectivity index (χ0v) is 13.8. The van der Waals surface area contributed by atoms with Crippen LogP contribution in [0.25, 0.3) is 0 Å². The number of nitrogens with one attached hydrogen (secondary N) is 1. The number of benzene rings is 1. The molecule has 0 aliphatic heterocycles. The highest BCUT2D eigenvalue weighted by Crippen LogP contribution is 2.29. The standard InChI is InChI=1S/C15H17N5O2S/c1-9-4-5-13(6-10(9)2)20(11(3)21)15-18-12(8-23-15)7-17-19-14(16)22/h4-8H,1-3H3,(H3,16,19,22)/b17-7-. The Morgan fingerprint density at radius 1 is 1.35 bits per heavy atom. The molecule has 1 aromatic carbocycles. The van der Waals surface area contributed by atoms with Crippen molar-refractivity contribution in [2.45, 2.75) is 20.8 Å². The predicted molar refractivity (Wildman–Crippen MR) is 91.2 cm³/mol. The van der Waals surface area contributed by atoms with Gasteiger partial charge >= 0.3 is 6.03 Å².